The molecule has 3 aromatic rings. The maximum Gasteiger partial charge on any atom is 0.226 e. The minimum absolute atomic E-state index is 0.513. The van der Waals surface area contributed by atoms with Crippen molar-refractivity contribution in [2.45, 2.75) is 6.92 Å². The maximum atomic E-state index is 5.87. The molecule has 0 radical (unpaired) electrons. The van der Waals surface area contributed by atoms with E-state index in [-0.39, 0.29) is 0 Å². The molecular weight excluding hydrogens is 254 g/mol. The van der Waals surface area contributed by atoms with Crippen LogP contribution in [-0.4, -0.2) is 36.3 Å². The summed E-state index contributed by atoms with van der Waals surface area (Å²) in [6, 6.07) is 0. The number of aromatic nitrogens is 6. The topological polar surface area (TPSA) is 84.3 Å². The Morgan fingerprint density at radius 2 is 2.33 bits per heavy atom. The van der Waals surface area contributed by atoms with Gasteiger partial charge in [-0.2, -0.15) is 15.1 Å². The summed E-state index contributed by atoms with van der Waals surface area (Å²) < 4.78 is 1.59. The Hall–Kier alpha value is -2.15. The van der Waals surface area contributed by atoms with Crippen molar-refractivity contribution in [2.75, 3.05) is 11.9 Å². The summed E-state index contributed by atoms with van der Waals surface area (Å²) in [5.74, 6) is 1.12. The summed E-state index contributed by atoms with van der Waals surface area (Å²) in [6.45, 7) is 2.71. The van der Waals surface area contributed by atoms with Crippen molar-refractivity contribution in [2.24, 2.45) is 0 Å². The Morgan fingerprint density at radius 1 is 1.44 bits per heavy atom. The van der Waals surface area contributed by atoms with Crippen LogP contribution < -0.4 is 5.32 Å². The fourth-order valence-electron chi connectivity index (χ4n) is 1.64. The van der Waals surface area contributed by atoms with Gasteiger partial charge in [-0.3, -0.25) is 0 Å². The first-order valence-corrected chi connectivity index (χ1v) is 5.81. The van der Waals surface area contributed by atoms with E-state index in [1.165, 1.54) is 0 Å². The molecule has 0 saturated heterocycles. The van der Waals surface area contributed by atoms with Crippen molar-refractivity contribution < 1.29 is 0 Å². The first kappa shape index (κ1) is 11.0. The molecule has 7 nitrogen and oxygen atoms in total. The van der Waals surface area contributed by atoms with Gasteiger partial charge < -0.3 is 10.3 Å². The summed E-state index contributed by atoms with van der Waals surface area (Å²) in [5.41, 5.74) is 1.30. The van der Waals surface area contributed by atoms with Crippen LogP contribution in [0.1, 0.15) is 6.92 Å². The first-order valence-electron chi connectivity index (χ1n) is 5.43. The van der Waals surface area contributed by atoms with E-state index in [0.717, 1.165) is 12.1 Å². The fraction of sp³-hybridized carbons (Fsp3) is 0.200. The SMILES string of the molecule is CCNc1nc(-n2cc(Cl)cn2)c2[nH]cnc2n1. The minimum atomic E-state index is 0.513. The molecule has 0 aliphatic rings. The highest BCUT2D eigenvalue weighted by Crippen LogP contribution is 2.18. The van der Waals surface area contributed by atoms with Gasteiger partial charge in [-0.05, 0) is 6.92 Å². The van der Waals surface area contributed by atoms with Crippen molar-refractivity contribution in [3.8, 4) is 5.82 Å². The number of imidazole rings is 1. The molecular formula is C10H10ClN7. The van der Waals surface area contributed by atoms with E-state index < -0.39 is 0 Å². The normalized spacial score (nSPS) is 11.0. The molecule has 0 fully saturated rings. The van der Waals surface area contributed by atoms with Crippen LogP contribution in [0, 0.1) is 0 Å². The lowest BCUT2D eigenvalue weighted by molar-refractivity contribution is 0.848. The number of aromatic amines is 1. The van der Waals surface area contributed by atoms with E-state index in [0.29, 0.717) is 22.4 Å². The van der Waals surface area contributed by atoms with Gasteiger partial charge in [-0.15, -0.1) is 0 Å². The molecule has 18 heavy (non-hydrogen) atoms. The first-order chi connectivity index (χ1) is 8.78. The largest absolute Gasteiger partial charge is 0.354 e. The molecule has 0 spiro atoms. The van der Waals surface area contributed by atoms with E-state index >= 15 is 0 Å². The smallest absolute Gasteiger partial charge is 0.226 e. The van der Waals surface area contributed by atoms with E-state index in [2.05, 4.69) is 30.4 Å². The van der Waals surface area contributed by atoms with Gasteiger partial charge in [-0.25, -0.2) is 9.67 Å². The van der Waals surface area contributed by atoms with Gasteiger partial charge in [0.25, 0.3) is 0 Å². The maximum absolute atomic E-state index is 5.87. The number of H-pyrrole nitrogens is 1. The Kier molecular flexibility index (Phi) is 2.60. The molecule has 8 heteroatoms. The van der Waals surface area contributed by atoms with Gasteiger partial charge in [0.15, 0.2) is 11.5 Å². The van der Waals surface area contributed by atoms with Crippen LogP contribution in [0.2, 0.25) is 5.02 Å². The second kappa shape index (κ2) is 4.26. The molecule has 3 aromatic heterocycles. The monoisotopic (exact) mass is 263 g/mol. The predicted octanol–water partition coefficient (Wildman–Crippen LogP) is 1.62. The van der Waals surface area contributed by atoms with Crippen LogP contribution in [0.4, 0.5) is 5.95 Å². The number of nitrogens with zero attached hydrogens (tertiary/aromatic N) is 5. The fourth-order valence-corrected chi connectivity index (χ4v) is 1.77. The van der Waals surface area contributed by atoms with E-state index in [9.17, 15) is 0 Å². The average molecular weight is 264 g/mol. The van der Waals surface area contributed by atoms with Crippen LogP contribution >= 0.6 is 11.6 Å². The lowest BCUT2D eigenvalue weighted by Crippen LogP contribution is -2.07. The summed E-state index contributed by atoms with van der Waals surface area (Å²) in [7, 11) is 0. The summed E-state index contributed by atoms with van der Waals surface area (Å²) in [6.07, 6.45) is 4.81. The average Bonchev–Trinajstić information content (AvgIpc) is 2.97. The van der Waals surface area contributed by atoms with Gasteiger partial charge in [0.05, 0.1) is 23.7 Å². The van der Waals surface area contributed by atoms with Crippen LogP contribution in [0.15, 0.2) is 18.7 Å². The van der Waals surface area contributed by atoms with Crippen molar-refractivity contribution in [1.82, 2.24) is 29.7 Å². The number of anilines is 1. The number of rotatable bonds is 3. The predicted molar refractivity (Wildman–Crippen MR) is 68.0 cm³/mol. The molecule has 0 aliphatic heterocycles. The summed E-state index contributed by atoms with van der Waals surface area (Å²) >= 11 is 5.87. The Balaban J connectivity index is 2.22. The summed E-state index contributed by atoms with van der Waals surface area (Å²) in [4.78, 5) is 15.8. The van der Waals surface area contributed by atoms with E-state index in [1.54, 1.807) is 23.4 Å². The zero-order valence-corrected chi connectivity index (χ0v) is 10.3. The molecule has 0 unspecified atom stereocenters. The van der Waals surface area contributed by atoms with E-state index in [1.807, 2.05) is 6.92 Å². The lowest BCUT2D eigenvalue weighted by atomic mass is 10.5. The zero-order chi connectivity index (χ0) is 12.5. The molecule has 2 N–H and O–H groups in total. The van der Waals surface area contributed by atoms with Gasteiger partial charge in [0.1, 0.15) is 5.52 Å². The Bertz CT molecular complexity index is 686. The van der Waals surface area contributed by atoms with E-state index in [4.69, 9.17) is 11.6 Å². The number of hydrogen-bond acceptors (Lipinski definition) is 5. The highest BCUT2D eigenvalue weighted by Gasteiger charge is 2.12. The number of nitrogens with one attached hydrogen (secondary N) is 2. The van der Waals surface area contributed by atoms with Crippen molar-refractivity contribution in [3.63, 3.8) is 0 Å². The molecule has 0 amide bonds. The molecule has 92 valence electrons. The van der Waals surface area contributed by atoms with Gasteiger partial charge in [0, 0.05) is 6.54 Å². The van der Waals surface area contributed by atoms with Gasteiger partial charge >= 0.3 is 0 Å². The zero-order valence-electron chi connectivity index (χ0n) is 9.55. The molecule has 0 aromatic carbocycles. The third-order valence-electron chi connectivity index (χ3n) is 2.37. The molecule has 3 rings (SSSR count). The molecule has 0 saturated carbocycles. The molecule has 0 bridgehead atoms. The van der Waals surface area contributed by atoms with Crippen molar-refractivity contribution >= 4 is 28.7 Å². The third-order valence-corrected chi connectivity index (χ3v) is 2.56. The number of fused-ring (bicyclic) bond motifs is 1. The minimum Gasteiger partial charge on any atom is -0.354 e. The third kappa shape index (κ3) is 1.78. The quantitative estimate of drug-likeness (QED) is 0.750. The second-order valence-corrected chi connectivity index (χ2v) is 4.04. The molecule has 3 heterocycles. The Morgan fingerprint density at radius 3 is 3.06 bits per heavy atom. The van der Waals surface area contributed by atoms with Crippen LogP contribution in [0.25, 0.3) is 17.0 Å². The second-order valence-electron chi connectivity index (χ2n) is 3.61. The van der Waals surface area contributed by atoms with Crippen molar-refractivity contribution in [1.29, 1.82) is 0 Å². The number of halogens is 1. The summed E-state index contributed by atoms with van der Waals surface area (Å²) in [5, 5.41) is 7.74. The van der Waals surface area contributed by atoms with Crippen LogP contribution in [-0.2, 0) is 0 Å². The Labute approximate surface area is 107 Å². The highest BCUT2D eigenvalue weighted by atomic mass is 35.5. The molecule has 0 atom stereocenters. The lowest BCUT2D eigenvalue weighted by Gasteiger charge is -2.05. The highest BCUT2D eigenvalue weighted by molar-refractivity contribution is 6.30. The molecule has 0 aliphatic carbocycles. The number of hydrogen-bond donors (Lipinski definition) is 2. The van der Waals surface area contributed by atoms with Crippen LogP contribution in [0.3, 0.4) is 0 Å². The van der Waals surface area contributed by atoms with Crippen molar-refractivity contribution in [3.05, 3.63) is 23.7 Å². The standard InChI is InChI=1S/C10H10ClN7/c1-2-12-10-16-8-7(13-5-14-8)9(17-10)18-4-6(11)3-15-18/h3-5H,2H2,1H3,(H2,12,13,14,16,17). The van der Waals surface area contributed by atoms with Gasteiger partial charge in [-0.1, -0.05) is 11.6 Å². The van der Waals surface area contributed by atoms with Crippen LogP contribution in [0.5, 0.6) is 0 Å². The van der Waals surface area contributed by atoms with Gasteiger partial charge in [0.2, 0.25) is 5.95 Å².